The number of carbonyl (C=O) groups is 2. The lowest BCUT2D eigenvalue weighted by atomic mass is 9.85. The highest BCUT2D eigenvalue weighted by Crippen LogP contribution is 2.38. The first kappa shape index (κ1) is 13.1. The largest absolute Gasteiger partial charge is 0.286 e. The Balaban J connectivity index is 1.70. The van der Waals surface area contributed by atoms with Gasteiger partial charge >= 0.3 is 0 Å². The van der Waals surface area contributed by atoms with Gasteiger partial charge in [0, 0.05) is 5.03 Å². The Bertz CT molecular complexity index is 429. The monoisotopic (exact) mass is 282 g/mol. The molecule has 4 nitrogen and oxygen atoms in total. The number of imide groups is 1. The van der Waals surface area contributed by atoms with E-state index in [1.807, 2.05) is 6.08 Å². The summed E-state index contributed by atoms with van der Waals surface area (Å²) >= 11 is 6.00. The number of amides is 2. The van der Waals surface area contributed by atoms with E-state index in [2.05, 4.69) is 4.90 Å². The maximum Gasteiger partial charge on any atom is 0.234 e. The van der Waals surface area contributed by atoms with Gasteiger partial charge in [0.2, 0.25) is 11.8 Å². The fourth-order valence-electron chi connectivity index (χ4n) is 3.34. The Morgan fingerprint density at radius 1 is 1.11 bits per heavy atom. The van der Waals surface area contributed by atoms with Gasteiger partial charge in [0.05, 0.1) is 18.5 Å². The fourth-order valence-corrected chi connectivity index (χ4v) is 3.59. The van der Waals surface area contributed by atoms with E-state index in [1.54, 1.807) is 0 Å². The molecule has 3 aliphatic rings. The molecule has 104 valence electrons. The lowest BCUT2D eigenvalue weighted by Crippen LogP contribution is -2.43. The Kier molecular flexibility index (Phi) is 3.63. The fraction of sp³-hybridized carbons (Fsp3) is 0.714. The molecular weight excluding hydrogens is 264 g/mol. The maximum absolute atomic E-state index is 12.4. The summed E-state index contributed by atoms with van der Waals surface area (Å²) in [7, 11) is 0. The third-order valence-electron chi connectivity index (χ3n) is 4.45. The molecule has 2 atom stereocenters. The summed E-state index contributed by atoms with van der Waals surface area (Å²) in [4.78, 5) is 28.4. The maximum atomic E-state index is 12.4. The average molecular weight is 283 g/mol. The summed E-state index contributed by atoms with van der Waals surface area (Å²) in [6, 6.07) is 0. The van der Waals surface area contributed by atoms with Crippen molar-refractivity contribution in [1.82, 2.24) is 9.80 Å². The van der Waals surface area contributed by atoms with Gasteiger partial charge in [-0.3, -0.25) is 19.4 Å². The summed E-state index contributed by atoms with van der Waals surface area (Å²) in [6.45, 7) is 2.46. The topological polar surface area (TPSA) is 40.6 Å². The van der Waals surface area contributed by atoms with Crippen LogP contribution in [-0.4, -0.2) is 41.4 Å². The van der Waals surface area contributed by atoms with Crippen molar-refractivity contribution in [3.8, 4) is 0 Å². The van der Waals surface area contributed by atoms with Gasteiger partial charge in [0.1, 0.15) is 0 Å². The molecule has 3 rings (SSSR count). The van der Waals surface area contributed by atoms with Crippen LogP contribution in [0, 0.1) is 11.8 Å². The molecule has 2 aliphatic heterocycles. The van der Waals surface area contributed by atoms with Crippen LogP contribution < -0.4 is 0 Å². The van der Waals surface area contributed by atoms with Gasteiger partial charge in [-0.1, -0.05) is 24.1 Å². The Morgan fingerprint density at radius 3 is 2.53 bits per heavy atom. The minimum atomic E-state index is -0.213. The molecule has 0 spiro atoms. The first-order valence-corrected chi connectivity index (χ1v) is 7.46. The molecule has 2 heterocycles. The number of allylic oxidation sites excluding steroid dienone is 2. The van der Waals surface area contributed by atoms with E-state index in [4.69, 9.17) is 11.6 Å². The van der Waals surface area contributed by atoms with Gasteiger partial charge in [-0.2, -0.15) is 0 Å². The van der Waals surface area contributed by atoms with Crippen LogP contribution in [0.3, 0.4) is 0 Å². The predicted molar refractivity (Wildman–Crippen MR) is 72.3 cm³/mol. The van der Waals surface area contributed by atoms with E-state index in [0.717, 1.165) is 31.0 Å². The van der Waals surface area contributed by atoms with Crippen LogP contribution >= 0.6 is 11.6 Å². The minimum absolute atomic E-state index is 0.000917. The van der Waals surface area contributed by atoms with Gasteiger partial charge < -0.3 is 0 Å². The summed E-state index contributed by atoms with van der Waals surface area (Å²) in [5, 5.41) is 0.724. The quantitative estimate of drug-likeness (QED) is 0.727. The first-order valence-electron chi connectivity index (χ1n) is 7.09. The molecule has 2 unspecified atom stereocenters. The van der Waals surface area contributed by atoms with Crippen molar-refractivity contribution < 1.29 is 9.59 Å². The van der Waals surface area contributed by atoms with Gasteiger partial charge in [-0.25, -0.2) is 0 Å². The Morgan fingerprint density at radius 2 is 1.79 bits per heavy atom. The molecule has 0 aromatic carbocycles. The number of likely N-dealkylation sites (tertiary alicyclic amines) is 2. The predicted octanol–water partition coefficient (Wildman–Crippen LogP) is 1.95. The molecule has 2 saturated heterocycles. The van der Waals surface area contributed by atoms with Crippen LogP contribution in [0.4, 0.5) is 0 Å². The number of nitrogens with zero attached hydrogens (tertiary/aromatic N) is 2. The molecule has 19 heavy (non-hydrogen) atoms. The summed E-state index contributed by atoms with van der Waals surface area (Å²) in [5.74, 6) is -0.401. The van der Waals surface area contributed by atoms with Crippen LogP contribution in [0.2, 0.25) is 0 Å². The van der Waals surface area contributed by atoms with Crippen molar-refractivity contribution in [3.05, 3.63) is 11.1 Å². The molecule has 2 fully saturated rings. The van der Waals surface area contributed by atoms with E-state index in [0.29, 0.717) is 19.5 Å². The number of halogens is 1. The van der Waals surface area contributed by atoms with Gasteiger partial charge in [0.15, 0.2) is 0 Å². The zero-order valence-corrected chi connectivity index (χ0v) is 11.7. The van der Waals surface area contributed by atoms with Crippen molar-refractivity contribution >= 4 is 23.4 Å². The lowest BCUT2D eigenvalue weighted by Gasteiger charge is -2.29. The van der Waals surface area contributed by atoms with Gasteiger partial charge in [-0.05, 0) is 38.8 Å². The number of piperidine rings is 1. The second-order valence-corrected chi connectivity index (χ2v) is 6.21. The highest BCUT2D eigenvalue weighted by Gasteiger charge is 2.48. The molecule has 0 aromatic heterocycles. The minimum Gasteiger partial charge on any atom is -0.286 e. The molecular formula is C14H19ClN2O2. The average Bonchev–Trinajstić information content (AvgIpc) is 2.65. The van der Waals surface area contributed by atoms with E-state index < -0.39 is 0 Å². The van der Waals surface area contributed by atoms with Gasteiger partial charge in [0.25, 0.3) is 0 Å². The zero-order chi connectivity index (χ0) is 13.4. The summed E-state index contributed by atoms with van der Waals surface area (Å²) in [6.07, 6.45) is 6.62. The molecule has 5 heteroatoms. The van der Waals surface area contributed by atoms with Crippen molar-refractivity contribution in [2.45, 2.75) is 32.1 Å². The normalized spacial score (nSPS) is 32.5. The van der Waals surface area contributed by atoms with Crippen LogP contribution in [0.1, 0.15) is 32.1 Å². The molecule has 1 aliphatic carbocycles. The summed E-state index contributed by atoms with van der Waals surface area (Å²) in [5.41, 5.74) is 0. The second kappa shape index (κ2) is 5.25. The van der Waals surface area contributed by atoms with Gasteiger partial charge in [-0.15, -0.1) is 0 Å². The number of hydrogen-bond donors (Lipinski definition) is 0. The first-order chi connectivity index (χ1) is 9.16. The third kappa shape index (κ3) is 2.43. The van der Waals surface area contributed by atoms with Crippen LogP contribution in [-0.2, 0) is 9.59 Å². The molecule has 0 radical (unpaired) electrons. The smallest absolute Gasteiger partial charge is 0.234 e. The number of carbonyl (C=O) groups excluding carboxylic acids is 2. The number of rotatable bonds is 2. The van der Waals surface area contributed by atoms with E-state index >= 15 is 0 Å². The Labute approximate surface area is 118 Å². The SMILES string of the molecule is O=C1C2CC=C(Cl)CC2C(=O)N1CN1CCCCC1. The molecule has 2 amide bonds. The third-order valence-corrected chi connectivity index (χ3v) is 4.76. The lowest BCUT2D eigenvalue weighted by molar-refractivity contribution is -0.142. The molecule has 0 N–H and O–H groups in total. The van der Waals surface area contributed by atoms with E-state index in [1.165, 1.54) is 11.3 Å². The zero-order valence-electron chi connectivity index (χ0n) is 11.0. The Hall–Kier alpha value is -0.870. The van der Waals surface area contributed by atoms with Crippen molar-refractivity contribution in [2.75, 3.05) is 19.8 Å². The molecule has 0 bridgehead atoms. The highest BCUT2D eigenvalue weighted by molar-refractivity contribution is 6.30. The van der Waals surface area contributed by atoms with Crippen LogP contribution in [0.25, 0.3) is 0 Å². The standard InChI is InChI=1S/C14H19ClN2O2/c15-10-4-5-11-12(8-10)14(19)17(13(11)18)9-16-6-2-1-3-7-16/h4,11-12H,1-3,5-9H2. The van der Waals surface area contributed by atoms with Crippen molar-refractivity contribution in [3.63, 3.8) is 0 Å². The second-order valence-electron chi connectivity index (χ2n) is 5.73. The highest BCUT2D eigenvalue weighted by atomic mass is 35.5. The number of fused-ring (bicyclic) bond motifs is 1. The molecule has 0 aromatic rings. The number of hydrogen-bond acceptors (Lipinski definition) is 3. The van der Waals surface area contributed by atoms with E-state index in [9.17, 15) is 9.59 Å². The van der Waals surface area contributed by atoms with Crippen LogP contribution in [0.15, 0.2) is 11.1 Å². The van der Waals surface area contributed by atoms with Crippen molar-refractivity contribution in [2.24, 2.45) is 11.8 Å². The molecule has 0 saturated carbocycles. The van der Waals surface area contributed by atoms with Crippen molar-refractivity contribution in [1.29, 1.82) is 0 Å². The van der Waals surface area contributed by atoms with Crippen LogP contribution in [0.5, 0.6) is 0 Å². The summed E-state index contributed by atoms with van der Waals surface area (Å²) < 4.78 is 0. The van der Waals surface area contributed by atoms with E-state index in [-0.39, 0.29) is 23.7 Å².